The van der Waals surface area contributed by atoms with E-state index >= 15 is 0 Å². The standard InChI is InChI=1S/C14H20ClNO2/c1-11-9-16(10-12(2)18-11)7-8-17-14-5-3-13(15)4-6-14/h3-6,11-12H,7-10H2,1-2H3/p+1/t11-,12-/m1/s1. The summed E-state index contributed by atoms with van der Waals surface area (Å²) >= 11 is 5.83. The monoisotopic (exact) mass is 270 g/mol. The highest BCUT2D eigenvalue weighted by molar-refractivity contribution is 6.30. The second-order valence-corrected chi connectivity index (χ2v) is 5.40. The van der Waals surface area contributed by atoms with E-state index in [-0.39, 0.29) is 0 Å². The molecule has 1 aliphatic rings. The molecule has 0 saturated carbocycles. The van der Waals surface area contributed by atoms with Crippen molar-refractivity contribution in [1.82, 2.24) is 0 Å². The number of ether oxygens (including phenoxy) is 2. The molecular weight excluding hydrogens is 250 g/mol. The van der Waals surface area contributed by atoms with Gasteiger partial charge in [-0.25, -0.2) is 0 Å². The van der Waals surface area contributed by atoms with Crippen LogP contribution in [-0.2, 0) is 4.74 Å². The van der Waals surface area contributed by atoms with Crippen LogP contribution in [0.1, 0.15) is 13.8 Å². The third kappa shape index (κ3) is 4.16. The van der Waals surface area contributed by atoms with E-state index in [1.807, 2.05) is 24.3 Å². The Bertz CT molecular complexity index is 359. The molecule has 3 nitrogen and oxygen atoms in total. The van der Waals surface area contributed by atoms with Gasteiger partial charge in [0.25, 0.3) is 0 Å². The van der Waals surface area contributed by atoms with Gasteiger partial charge in [-0.15, -0.1) is 0 Å². The normalized spacial score (nSPS) is 28.1. The van der Waals surface area contributed by atoms with Gasteiger partial charge in [-0.1, -0.05) is 11.6 Å². The maximum absolute atomic E-state index is 5.83. The molecule has 0 unspecified atom stereocenters. The lowest BCUT2D eigenvalue weighted by molar-refractivity contribution is -0.915. The van der Waals surface area contributed by atoms with Gasteiger partial charge in [0, 0.05) is 5.02 Å². The second kappa shape index (κ2) is 6.41. The molecule has 1 aromatic rings. The van der Waals surface area contributed by atoms with Crippen LogP contribution >= 0.6 is 11.6 Å². The van der Waals surface area contributed by atoms with E-state index in [1.54, 1.807) is 4.90 Å². The van der Waals surface area contributed by atoms with Gasteiger partial charge in [0.05, 0.1) is 0 Å². The van der Waals surface area contributed by atoms with Crippen molar-refractivity contribution in [3.8, 4) is 5.75 Å². The van der Waals surface area contributed by atoms with Crippen LogP contribution in [-0.4, -0.2) is 38.4 Å². The SMILES string of the molecule is C[C@@H]1C[NH+](CCOc2ccc(Cl)cc2)C[C@@H](C)O1. The molecule has 0 amide bonds. The summed E-state index contributed by atoms with van der Waals surface area (Å²) in [5.41, 5.74) is 0. The summed E-state index contributed by atoms with van der Waals surface area (Å²) in [4.78, 5) is 1.55. The van der Waals surface area contributed by atoms with Gasteiger partial charge in [0.2, 0.25) is 0 Å². The molecule has 0 radical (unpaired) electrons. The first-order valence-corrected chi connectivity index (χ1v) is 6.88. The van der Waals surface area contributed by atoms with Crippen molar-refractivity contribution < 1.29 is 14.4 Å². The number of rotatable bonds is 4. The Morgan fingerprint density at radius 2 is 1.83 bits per heavy atom. The summed E-state index contributed by atoms with van der Waals surface area (Å²) in [6, 6.07) is 7.51. The van der Waals surface area contributed by atoms with E-state index in [1.165, 1.54) is 0 Å². The van der Waals surface area contributed by atoms with Crippen molar-refractivity contribution in [2.45, 2.75) is 26.1 Å². The number of morpholine rings is 1. The molecule has 0 aliphatic carbocycles. The van der Waals surface area contributed by atoms with E-state index < -0.39 is 0 Å². The summed E-state index contributed by atoms with van der Waals surface area (Å²) in [7, 11) is 0. The first-order valence-electron chi connectivity index (χ1n) is 6.51. The molecule has 1 aromatic carbocycles. The molecule has 18 heavy (non-hydrogen) atoms. The lowest BCUT2D eigenvalue weighted by Gasteiger charge is -2.32. The summed E-state index contributed by atoms with van der Waals surface area (Å²) in [5, 5.41) is 0.740. The van der Waals surface area contributed by atoms with Gasteiger partial charge in [0.15, 0.2) is 0 Å². The van der Waals surface area contributed by atoms with Crippen LogP contribution in [0.25, 0.3) is 0 Å². The lowest BCUT2D eigenvalue weighted by Crippen LogP contribution is -3.16. The number of hydrogen-bond donors (Lipinski definition) is 1. The van der Waals surface area contributed by atoms with Crippen LogP contribution in [0.15, 0.2) is 24.3 Å². The smallest absolute Gasteiger partial charge is 0.137 e. The fourth-order valence-corrected chi connectivity index (χ4v) is 2.56. The first-order chi connectivity index (χ1) is 8.63. The molecule has 2 rings (SSSR count). The Hall–Kier alpha value is -0.770. The molecule has 0 spiro atoms. The number of halogens is 1. The fourth-order valence-electron chi connectivity index (χ4n) is 2.44. The molecule has 1 aliphatic heterocycles. The largest absolute Gasteiger partial charge is 0.488 e. The van der Waals surface area contributed by atoms with Crippen molar-refractivity contribution in [1.29, 1.82) is 0 Å². The molecule has 1 N–H and O–H groups in total. The molecule has 1 fully saturated rings. The zero-order chi connectivity index (χ0) is 13.0. The summed E-state index contributed by atoms with van der Waals surface area (Å²) < 4.78 is 11.4. The van der Waals surface area contributed by atoms with E-state index in [4.69, 9.17) is 21.1 Å². The number of benzene rings is 1. The van der Waals surface area contributed by atoms with Gasteiger partial charge in [-0.05, 0) is 38.1 Å². The van der Waals surface area contributed by atoms with Crippen molar-refractivity contribution in [3.05, 3.63) is 29.3 Å². The lowest BCUT2D eigenvalue weighted by atomic mass is 10.2. The Balaban J connectivity index is 1.73. The molecule has 100 valence electrons. The van der Waals surface area contributed by atoms with Crippen LogP contribution < -0.4 is 9.64 Å². The zero-order valence-electron chi connectivity index (χ0n) is 11.0. The molecular formula is C14H21ClNO2+. The molecule has 1 heterocycles. The molecule has 1 saturated heterocycles. The van der Waals surface area contributed by atoms with Crippen molar-refractivity contribution in [2.24, 2.45) is 0 Å². The van der Waals surface area contributed by atoms with Crippen LogP contribution in [0.4, 0.5) is 0 Å². The third-order valence-electron chi connectivity index (χ3n) is 3.15. The molecule has 2 atom stereocenters. The fraction of sp³-hybridized carbons (Fsp3) is 0.571. The summed E-state index contributed by atoms with van der Waals surface area (Å²) in [6.07, 6.45) is 0.693. The first kappa shape index (κ1) is 13.7. The van der Waals surface area contributed by atoms with Crippen LogP contribution in [0.5, 0.6) is 5.75 Å². The predicted molar refractivity (Wildman–Crippen MR) is 72.5 cm³/mol. The highest BCUT2D eigenvalue weighted by atomic mass is 35.5. The molecule has 0 bridgehead atoms. The summed E-state index contributed by atoms with van der Waals surface area (Å²) in [5.74, 6) is 0.883. The second-order valence-electron chi connectivity index (χ2n) is 4.97. The van der Waals surface area contributed by atoms with Crippen molar-refractivity contribution in [2.75, 3.05) is 26.2 Å². The highest BCUT2D eigenvalue weighted by Crippen LogP contribution is 2.14. The average molecular weight is 271 g/mol. The van der Waals surface area contributed by atoms with E-state index in [0.29, 0.717) is 12.2 Å². The maximum atomic E-state index is 5.83. The van der Waals surface area contributed by atoms with E-state index in [9.17, 15) is 0 Å². The topological polar surface area (TPSA) is 22.9 Å². The zero-order valence-corrected chi connectivity index (χ0v) is 11.7. The van der Waals surface area contributed by atoms with Crippen molar-refractivity contribution >= 4 is 11.6 Å². The van der Waals surface area contributed by atoms with Crippen molar-refractivity contribution in [3.63, 3.8) is 0 Å². The van der Waals surface area contributed by atoms with Crippen LogP contribution in [0.3, 0.4) is 0 Å². The van der Waals surface area contributed by atoms with E-state index in [2.05, 4.69) is 13.8 Å². The van der Waals surface area contributed by atoms with Gasteiger partial charge < -0.3 is 14.4 Å². The summed E-state index contributed by atoms with van der Waals surface area (Å²) in [6.45, 7) is 8.14. The molecule has 4 heteroatoms. The minimum atomic E-state index is 0.347. The minimum Gasteiger partial charge on any atom is -0.488 e. The Labute approximate surface area is 114 Å². The Kier molecular flexibility index (Phi) is 4.87. The minimum absolute atomic E-state index is 0.347. The van der Waals surface area contributed by atoms with Gasteiger partial charge in [-0.2, -0.15) is 0 Å². The average Bonchev–Trinajstić information content (AvgIpc) is 2.30. The third-order valence-corrected chi connectivity index (χ3v) is 3.41. The van der Waals surface area contributed by atoms with Gasteiger partial charge >= 0.3 is 0 Å². The van der Waals surface area contributed by atoms with E-state index in [0.717, 1.165) is 37.0 Å². The quantitative estimate of drug-likeness (QED) is 0.894. The Morgan fingerprint density at radius 1 is 1.22 bits per heavy atom. The van der Waals surface area contributed by atoms with Gasteiger partial charge in [0.1, 0.15) is 44.2 Å². The van der Waals surface area contributed by atoms with Crippen LogP contribution in [0, 0.1) is 0 Å². The van der Waals surface area contributed by atoms with Crippen LogP contribution in [0.2, 0.25) is 5.02 Å². The highest BCUT2D eigenvalue weighted by Gasteiger charge is 2.25. The number of nitrogens with one attached hydrogen (secondary N) is 1. The number of quaternary nitrogens is 1. The Morgan fingerprint density at radius 3 is 2.44 bits per heavy atom. The molecule has 0 aromatic heterocycles. The van der Waals surface area contributed by atoms with Gasteiger partial charge in [-0.3, -0.25) is 0 Å². The maximum Gasteiger partial charge on any atom is 0.137 e. The predicted octanol–water partition coefficient (Wildman–Crippen LogP) is 1.41. The number of hydrogen-bond acceptors (Lipinski definition) is 2.